The molecule has 1 atom stereocenters. The van der Waals surface area contributed by atoms with E-state index in [1.54, 1.807) is 6.20 Å². The molecule has 0 aliphatic carbocycles. The van der Waals surface area contributed by atoms with Crippen LogP contribution in [0, 0.1) is 13.8 Å². The van der Waals surface area contributed by atoms with Crippen LogP contribution in [0.5, 0.6) is 0 Å². The Labute approximate surface area is 176 Å². The third kappa shape index (κ3) is 4.06. The van der Waals surface area contributed by atoms with E-state index in [9.17, 15) is 4.79 Å². The number of urea groups is 1. The first-order valence-electron chi connectivity index (χ1n) is 10.1. The molecule has 2 aromatic heterocycles. The number of hydrogen-bond acceptors (Lipinski definition) is 2. The molecule has 152 valence electrons. The molecule has 2 N–H and O–H groups in total. The van der Waals surface area contributed by atoms with Crippen LogP contribution in [-0.4, -0.2) is 22.1 Å². The Bertz CT molecular complexity index is 1180. The zero-order chi connectivity index (χ0) is 21.1. The highest BCUT2D eigenvalue weighted by Crippen LogP contribution is 2.31. The van der Waals surface area contributed by atoms with E-state index in [2.05, 4.69) is 51.5 Å². The van der Waals surface area contributed by atoms with E-state index in [1.165, 1.54) is 22.0 Å². The SMILES string of the molecule is Cc1ccc(NC(=O)NCC(c2cccnc2)c2cn(C)c3ccccc23)cc1C. The zero-order valence-corrected chi connectivity index (χ0v) is 17.5. The molecule has 5 nitrogen and oxygen atoms in total. The molecule has 0 radical (unpaired) electrons. The van der Waals surface area contributed by atoms with E-state index in [0.29, 0.717) is 6.54 Å². The highest BCUT2D eigenvalue weighted by atomic mass is 16.2. The maximum atomic E-state index is 12.6. The quantitative estimate of drug-likeness (QED) is 0.489. The number of carbonyl (C=O) groups excluding carboxylic acids is 1. The standard InChI is InChI=1S/C25H26N4O/c1-17-10-11-20(13-18(17)2)28-25(30)27-15-22(19-7-6-12-26-14-19)23-16-29(3)24-9-5-4-8-21(23)24/h4-14,16,22H,15H2,1-3H3,(H2,27,28,30). The smallest absolute Gasteiger partial charge is 0.319 e. The van der Waals surface area contributed by atoms with E-state index in [1.807, 2.05) is 56.6 Å². The summed E-state index contributed by atoms with van der Waals surface area (Å²) in [6, 6.07) is 18.0. The Morgan fingerprint density at radius 3 is 2.67 bits per heavy atom. The number of carbonyl (C=O) groups is 1. The zero-order valence-electron chi connectivity index (χ0n) is 17.5. The molecule has 2 aromatic carbocycles. The summed E-state index contributed by atoms with van der Waals surface area (Å²) in [5.41, 5.74) is 6.55. The number of aromatic nitrogens is 2. The van der Waals surface area contributed by atoms with Gasteiger partial charge in [0.2, 0.25) is 0 Å². The maximum Gasteiger partial charge on any atom is 0.319 e. The first-order valence-corrected chi connectivity index (χ1v) is 10.1. The fourth-order valence-electron chi connectivity index (χ4n) is 3.83. The lowest BCUT2D eigenvalue weighted by Crippen LogP contribution is -2.32. The summed E-state index contributed by atoms with van der Waals surface area (Å²) in [5, 5.41) is 7.17. The number of nitrogens with zero attached hydrogens (tertiary/aromatic N) is 2. The molecule has 30 heavy (non-hydrogen) atoms. The van der Waals surface area contributed by atoms with E-state index < -0.39 is 0 Å². The molecule has 4 rings (SSSR count). The van der Waals surface area contributed by atoms with Gasteiger partial charge >= 0.3 is 6.03 Å². The Balaban J connectivity index is 1.58. The molecule has 1 unspecified atom stereocenters. The average Bonchev–Trinajstić information content (AvgIpc) is 3.08. The normalized spacial score (nSPS) is 12.0. The van der Waals surface area contributed by atoms with Crippen molar-refractivity contribution in [1.82, 2.24) is 14.9 Å². The molecule has 0 bridgehead atoms. The van der Waals surface area contributed by atoms with Crippen LogP contribution in [0.1, 0.15) is 28.2 Å². The lowest BCUT2D eigenvalue weighted by Gasteiger charge is -2.18. The van der Waals surface area contributed by atoms with Gasteiger partial charge in [0.05, 0.1) is 0 Å². The number of pyridine rings is 1. The third-order valence-electron chi connectivity index (χ3n) is 5.62. The van der Waals surface area contributed by atoms with Gasteiger partial charge in [-0.1, -0.05) is 30.3 Å². The van der Waals surface area contributed by atoms with Gasteiger partial charge in [0.25, 0.3) is 0 Å². The van der Waals surface area contributed by atoms with E-state index >= 15 is 0 Å². The fraction of sp³-hybridized carbons (Fsp3) is 0.200. The molecule has 0 saturated heterocycles. The molecule has 2 amide bonds. The van der Waals surface area contributed by atoms with Gasteiger partial charge in [-0.2, -0.15) is 0 Å². The molecule has 5 heteroatoms. The molecule has 0 spiro atoms. The van der Waals surface area contributed by atoms with Crippen LogP contribution < -0.4 is 10.6 Å². The highest BCUT2D eigenvalue weighted by molar-refractivity contribution is 5.90. The number of fused-ring (bicyclic) bond motifs is 1. The lowest BCUT2D eigenvalue weighted by molar-refractivity contribution is 0.252. The van der Waals surface area contributed by atoms with E-state index in [-0.39, 0.29) is 11.9 Å². The largest absolute Gasteiger partial charge is 0.350 e. The van der Waals surface area contributed by atoms with Gasteiger partial charge in [0.15, 0.2) is 0 Å². The van der Waals surface area contributed by atoms with E-state index in [0.717, 1.165) is 16.8 Å². The van der Waals surface area contributed by atoms with Crippen LogP contribution in [0.25, 0.3) is 10.9 Å². The van der Waals surface area contributed by atoms with E-state index in [4.69, 9.17) is 0 Å². The second kappa shape index (κ2) is 8.41. The first-order chi connectivity index (χ1) is 14.5. The van der Waals surface area contributed by atoms with Gasteiger partial charge in [-0.3, -0.25) is 4.98 Å². The highest BCUT2D eigenvalue weighted by Gasteiger charge is 2.20. The van der Waals surface area contributed by atoms with Gasteiger partial charge in [0, 0.05) is 54.7 Å². The van der Waals surface area contributed by atoms with Crippen LogP contribution >= 0.6 is 0 Å². The third-order valence-corrected chi connectivity index (χ3v) is 5.62. The molecule has 0 aliphatic rings. The predicted octanol–water partition coefficient (Wildman–Crippen LogP) is 5.14. The van der Waals surface area contributed by atoms with Crippen molar-refractivity contribution in [2.24, 2.45) is 7.05 Å². The van der Waals surface area contributed by atoms with Crippen molar-refractivity contribution >= 4 is 22.6 Å². The summed E-state index contributed by atoms with van der Waals surface area (Å²) in [5.74, 6) is -0.00435. The van der Waals surface area contributed by atoms with Crippen molar-refractivity contribution in [3.8, 4) is 0 Å². The van der Waals surface area contributed by atoms with Crippen molar-refractivity contribution < 1.29 is 4.79 Å². The molecule has 2 heterocycles. The Morgan fingerprint density at radius 1 is 1.07 bits per heavy atom. The number of anilines is 1. The number of nitrogens with one attached hydrogen (secondary N) is 2. The van der Waals surface area contributed by atoms with Crippen molar-refractivity contribution in [1.29, 1.82) is 0 Å². The molecular weight excluding hydrogens is 372 g/mol. The predicted molar refractivity (Wildman–Crippen MR) is 122 cm³/mol. The summed E-state index contributed by atoms with van der Waals surface area (Å²) in [6.07, 6.45) is 5.78. The number of para-hydroxylation sites is 1. The summed E-state index contributed by atoms with van der Waals surface area (Å²) in [4.78, 5) is 16.9. The van der Waals surface area contributed by atoms with Gasteiger partial charge in [-0.25, -0.2) is 4.79 Å². The number of rotatable bonds is 5. The summed E-state index contributed by atoms with van der Waals surface area (Å²) >= 11 is 0. The molecular formula is C25H26N4O. The van der Waals surface area contributed by atoms with Crippen LogP contribution in [0.3, 0.4) is 0 Å². The maximum absolute atomic E-state index is 12.6. The number of aryl methyl sites for hydroxylation is 3. The van der Waals surface area contributed by atoms with Gasteiger partial charge in [0.1, 0.15) is 0 Å². The molecule has 4 aromatic rings. The van der Waals surface area contributed by atoms with Gasteiger partial charge in [-0.05, 0) is 60.4 Å². The number of amides is 2. The Hall–Kier alpha value is -3.60. The molecule has 0 saturated carbocycles. The Kier molecular flexibility index (Phi) is 5.53. The minimum Gasteiger partial charge on any atom is -0.350 e. The first kappa shape index (κ1) is 19.7. The topological polar surface area (TPSA) is 59.0 Å². The van der Waals surface area contributed by atoms with Crippen molar-refractivity contribution in [2.45, 2.75) is 19.8 Å². The summed E-state index contributed by atoms with van der Waals surface area (Å²) < 4.78 is 2.13. The summed E-state index contributed by atoms with van der Waals surface area (Å²) in [7, 11) is 2.05. The van der Waals surface area contributed by atoms with Crippen LogP contribution in [0.4, 0.5) is 10.5 Å². The average molecular weight is 399 g/mol. The van der Waals surface area contributed by atoms with Crippen LogP contribution in [-0.2, 0) is 7.05 Å². The second-order valence-corrected chi connectivity index (χ2v) is 7.69. The molecule has 0 aliphatic heterocycles. The van der Waals surface area contributed by atoms with Crippen LogP contribution in [0.15, 0.2) is 73.2 Å². The minimum absolute atomic E-state index is 0.00435. The molecule has 0 fully saturated rings. The number of hydrogen-bond donors (Lipinski definition) is 2. The van der Waals surface area contributed by atoms with Gasteiger partial charge in [-0.15, -0.1) is 0 Å². The fourth-order valence-corrected chi connectivity index (χ4v) is 3.83. The summed E-state index contributed by atoms with van der Waals surface area (Å²) in [6.45, 7) is 4.57. The van der Waals surface area contributed by atoms with Gasteiger partial charge < -0.3 is 15.2 Å². The second-order valence-electron chi connectivity index (χ2n) is 7.69. The minimum atomic E-state index is -0.215. The van der Waals surface area contributed by atoms with Crippen LogP contribution in [0.2, 0.25) is 0 Å². The number of benzene rings is 2. The lowest BCUT2D eigenvalue weighted by atomic mass is 9.92. The van der Waals surface area contributed by atoms with Crippen molar-refractivity contribution in [3.05, 3.63) is 95.4 Å². The Morgan fingerprint density at radius 2 is 1.90 bits per heavy atom. The van der Waals surface area contributed by atoms with Crippen molar-refractivity contribution in [2.75, 3.05) is 11.9 Å². The van der Waals surface area contributed by atoms with Crippen molar-refractivity contribution in [3.63, 3.8) is 0 Å². The monoisotopic (exact) mass is 398 g/mol.